The number of anilines is 1. The van der Waals surface area contributed by atoms with Gasteiger partial charge in [0, 0.05) is 17.8 Å². The van der Waals surface area contributed by atoms with Crippen LogP contribution in [0.4, 0.5) is 5.82 Å². The quantitative estimate of drug-likeness (QED) is 0.878. The molecule has 1 aromatic heterocycles. The van der Waals surface area contributed by atoms with Crippen molar-refractivity contribution in [3.63, 3.8) is 0 Å². The summed E-state index contributed by atoms with van der Waals surface area (Å²) in [6, 6.07) is 3.62. The average Bonchev–Trinajstić information content (AvgIpc) is 2.39. The van der Waals surface area contributed by atoms with Crippen molar-refractivity contribution in [2.75, 3.05) is 5.73 Å². The first-order valence-electron chi connectivity index (χ1n) is 7.10. The van der Waals surface area contributed by atoms with Gasteiger partial charge in [-0.05, 0) is 36.8 Å². The van der Waals surface area contributed by atoms with Gasteiger partial charge in [0.1, 0.15) is 5.82 Å². The Kier molecular flexibility index (Phi) is 4.40. The summed E-state index contributed by atoms with van der Waals surface area (Å²) in [7, 11) is 0. The summed E-state index contributed by atoms with van der Waals surface area (Å²) >= 11 is 0. The molecule has 1 aliphatic rings. The Morgan fingerprint density at radius 2 is 2.16 bits per heavy atom. The fourth-order valence-electron chi connectivity index (χ4n) is 2.98. The molecule has 2 atom stereocenters. The molecular weight excluding hydrogens is 238 g/mol. The standard InChI is InChI=1S/C15H23N3O/c1-10(2)12-5-3-4-6-13(12)18-15(19)11-7-8-17-14(16)9-11/h7-10,12-13H,3-6H2,1-2H3,(H2,16,17)(H,18,19). The number of rotatable bonds is 3. The lowest BCUT2D eigenvalue weighted by Gasteiger charge is -2.34. The number of nitrogens with two attached hydrogens (primary N) is 1. The molecular formula is C15H23N3O. The minimum Gasteiger partial charge on any atom is -0.384 e. The molecule has 0 spiro atoms. The lowest BCUT2D eigenvalue weighted by Crippen LogP contribution is -2.43. The molecule has 4 nitrogen and oxygen atoms in total. The Hall–Kier alpha value is -1.58. The molecule has 1 amide bonds. The minimum atomic E-state index is -0.0355. The molecule has 0 saturated heterocycles. The van der Waals surface area contributed by atoms with Crippen molar-refractivity contribution in [1.82, 2.24) is 10.3 Å². The molecule has 0 bridgehead atoms. The van der Waals surface area contributed by atoms with Crippen molar-refractivity contribution in [3.05, 3.63) is 23.9 Å². The van der Waals surface area contributed by atoms with Gasteiger partial charge >= 0.3 is 0 Å². The normalized spacial score (nSPS) is 23.3. The fourth-order valence-corrected chi connectivity index (χ4v) is 2.98. The van der Waals surface area contributed by atoms with Gasteiger partial charge in [0.05, 0.1) is 0 Å². The van der Waals surface area contributed by atoms with Crippen molar-refractivity contribution >= 4 is 11.7 Å². The third-order valence-electron chi connectivity index (χ3n) is 4.04. The van der Waals surface area contributed by atoms with E-state index in [0.717, 1.165) is 6.42 Å². The summed E-state index contributed by atoms with van der Waals surface area (Å²) in [4.78, 5) is 16.1. The van der Waals surface area contributed by atoms with Crippen LogP contribution in [0.2, 0.25) is 0 Å². The van der Waals surface area contributed by atoms with Crippen molar-refractivity contribution in [3.8, 4) is 0 Å². The van der Waals surface area contributed by atoms with Crippen molar-refractivity contribution in [1.29, 1.82) is 0 Å². The van der Waals surface area contributed by atoms with Crippen molar-refractivity contribution in [2.45, 2.75) is 45.6 Å². The predicted molar refractivity (Wildman–Crippen MR) is 76.7 cm³/mol. The van der Waals surface area contributed by atoms with E-state index >= 15 is 0 Å². The van der Waals surface area contributed by atoms with E-state index in [4.69, 9.17) is 5.73 Å². The Bertz CT molecular complexity index is 445. The third kappa shape index (κ3) is 3.46. The van der Waals surface area contributed by atoms with E-state index in [-0.39, 0.29) is 11.9 Å². The Morgan fingerprint density at radius 3 is 2.84 bits per heavy atom. The van der Waals surface area contributed by atoms with Gasteiger partial charge in [0.2, 0.25) is 0 Å². The summed E-state index contributed by atoms with van der Waals surface area (Å²) in [5.41, 5.74) is 6.21. The highest BCUT2D eigenvalue weighted by atomic mass is 16.1. The maximum absolute atomic E-state index is 12.2. The average molecular weight is 261 g/mol. The van der Waals surface area contributed by atoms with E-state index in [0.29, 0.717) is 23.2 Å². The number of amides is 1. The summed E-state index contributed by atoms with van der Waals surface area (Å²) < 4.78 is 0. The molecule has 1 heterocycles. The van der Waals surface area contributed by atoms with Crippen LogP contribution < -0.4 is 11.1 Å². The molecule has 19 heavy (non-hydrogen) atoms. The van der Waals surface area contributed by atoms with Gasteiger partial charge in [-0.1, -0.05) is 26.7 Å². The first-order chi connectivity index (χ1) is 9.08. The lowest BCUT2D eigenvalue weighted by molar-refractivity contribution is 0.0889. The molecule has 1 aromatic rings. The summed E-state index contributed by atoms with van der Waals surface area (Å²) in [6.45, 7) is 4.47. The third-order valence-corrected chi connectivity index (χ3v) is 4.04. The Labute approximate surface area is 114 Å². The number of hydrogen-bond acceptors (Lipinski definition) is 3. The molecule has 1 fully saturated rings. The summed E-state index contributed by atoms with van der Waals surface area (Å²) in [5, 5.41) is 3.17. The molecule has 0 aromatic carbocycles. The van der Waals surface area contributed by atoms with Crippen LogP contribution in [0.1, 0.15) is 49.9 Å². The van der Waals surface area contributed by atoms with Crippen molar-refractivity contribution < 1.29 is 4.79 Å². The number of aromatic nitrogens is 1. The SMILES string of the molecule is CC(C)C1CCCCC1NC(=O)c1ccnc(N)c1. The van der Waals surface area contributed by atoms with Crippen LogP contribution in [0.5, 0.6) is 0 Å². The zero-order valence-electron chi connectivity index (χ0n) is 11.7. The van der Waals surface area contributed by atoms with Gasteiger partial charge in [-0.3, -0.25) is 4.79 Å². The molecule has 2 rings (SSSR count). The first-order valence-corrected chi connectivity index (χ1v) is 7.10. The topological polar surface area (TPSA) is 68.0 Å². The van der Waals surface area contributed by atoms with Crippen LogP contribution in [0, 0.1) is 11.8 Å². The molecule has 0 radical (unpaired) electrons. The molecule has 3 N–H and O–H groups in total. The van der Waals surface area contributed by atoms with E-state index < -0.39 is 0 Å². The monoisotopic (exact) mass is 261 g/mol. The minimum absolute atomic E-state index is 0.0355. The Morgan fingerprint density at radius 1 is 1.42 bits per heavy atom. The predicted octanol–water partition coefficient (Wildman–Crippen LogP) is 2.61. The molecule has 0 aliphatic heterocycles. The van der Waals surface area contributed by atoms with Crippen LogP contribution in [-0.2, 0) is 0 Å². The zero-order chi connectivity index (χ0) is 13.8. The number of hydrogen-bond donors (Lipinski definition) is 2. The van der Waals surface area contributed by atoms with Gasteiger partial charge in [0.15, 0.2) is 0 Å². The number of nitrogens with zero attached hydrogens (tertiary/aromatic N) is 1. The number of pyridine rings is 1. The molecule has 2 unspecified atom stereocenters. The number of carbonyl (C=O) groups excluding carboxylic acids is 1. The van der Waals surface area contributed by atoms with Crippen LogP contribution >= 0.6 is 0 Å². The number of nitrogens with one attached hydrogen (secondary N) is 1. The van der Waals surface area contributed by atoms with E-state index in [9.17, 15) is 4.79 Å². The van der Waals surface area contributed by atoms with Crippen LogP contribution in [0.25, 0.3) is 0 Å². The summed E-state index contributed by atoms with van der Waals surface area (Å²) in [6.07, 6.45) is 6.34. The number of nitrogen functional groups attached to an aromatic ring is 1. The fraction of sp³-hybridized carbons (Fsp3) is 0.600. The van der Waals surface area contributed by atoms with Crippen LogP contribution in [0.3, 0.4) is 0 Å². The number of carbonyl (C=O) groups is 1. The highest BCUT2D eigenvalue weighted by Gasteiger charge is 2.28. The highest BCUT2D eigenvalue weighted by molar-refractivity contribution is 5.94. The summed E-state index contributed by atoms with van der Waals surface area (Å²) in [5.74, 6) is 1.54. The zero-order valence-corrected chi connectivity index (χ0v) is 11.7. The van der Waals surface area contributed by atoms with Crippen molar-refractivity contribution in [2.24, 2.45) is 11.8 Å². The molecule has 104 valence electrons. The van der Waals surface area contributed by atoms with E-state index in [1.807, 2.05) is 0 Å². The second kappa shape index (κ2) is 6.04. The maximum Gasteiger partial charge on any atom is 0.251 e. The lowest BCUT2D eigenvalue weighted by atomic mass is 9.78. The van der Waals surface area contributed by atoms with Gasteiger partial charge < -0.3 is 11.1 Å². The van der Waals surface area contributed by atoms with Gasteiger partial charge in [-0.2, -0.15) is 0 Å². The van der Waals surface area contributed by atoms with E-state index in [2.05, 4.69) is 24.1 Å². The second-order valence-corrected chi connectivity index (χ2v) is 5.74. The molecule has 1 aliphatic carbocycles. The van der Waals surface area contributed by atoms with Crippen LogP contribution in [0.15, 0.2) is 18.3 Å². The first kappa shape index (κ1) is 13.8. The molecule has 1 saturated carbocycles. The van der Waals surface area contributed by atoms with Crippen LogP contribution in [-0.4, -0.2) is 16.9 Å². The van der Waals surface area contributed by atoms with E-state index in [1.165, 1.54) is 19.3 Å². The maximum atomic E-state index is 12.2. The van der Waals surface area contributed by atoms with Gasteiger partial charge in [-0.15, -0.1) is 0 Å². The van der Waals surface area contributed by atoms with Gasteiger partial charge in [-0.25, -0.2) is 4.98 Å². The highest BCUT2D eigenvalue weighted by Crippen LogP contribution is 2.30. The van der Waals surface area contributed by atoms with E-state index in [1.54, 1.807) is 18.3 Å². The van der Waals surface area contributed by atoms with Gasteiger partial charge in [0.25, 0.3) is 5.91 Å². The smallest absolute Gasteiger partial charge is 0.251 e. The molecule has 4 heteroatoms. The Balaban J connectivity index is 2.04. The largest absolute Gasteiger partial charge is 0.384 e. The second-order valence-electron chi connectivity index (χ2n) is 5.74.